The summed E-state index contributed by atoms with van der Waals surface area (Å²) in [5.41, 5.74) is 3.65. The molecule has 1 aliphatic rings. The van der Waals surface area contributed by atoms with Crippen molar-refractivity contribution in [2.24, 2.45) is 5.92 Å². The van der Waals surface area contributed by atoms with Crippen LogP contribution in [0.3, 0.4) is 0 Å². The standard InChI is InChI=1S/C31H37N5O6S/c1-22(2)13-20-42-28-12-9-25(21-27(28)30(37)33-15-14-32)6-5-24-7-10-26(11-8-24)35-16-18-36(19-17-35)43(40,41)34-29(23(3)4)31(38)39/h7-13,21,23,29,34H,15-20H2,1-4H3,(H,33,37)(H,38,39)/t29-/m1/s1. The molecule has 228 valence electrons. The molecular formula is C31H37N5O6S. The van der Waals surface area contributed by atoms with Gasteiger partial charge in [-0.05, 0) is 68.3 Å². The van der Waals surface area contributed by atoms with E-state index in [9.17, 15) is 23.1 Å². The summed E-state index contributed by atoms with van der Waals surface area (Å²) in [5, 5.41) is 20.7. The lowest BCUT2D eigenvalue weighted by Gasteiger charge is -2.36. The minimum absolute atomic E-state index is 0.125. The molecule has 0 unspecified atom stereocenters. The number of amides is 1. The second kappa shape index (κ2) is 15.2. The molecule has 0 aliphatic carbocycles. The van der Waals surface area contributed by atoms with Gasteiger partial charge in [0.25, 0.3) is 16.1 Å². The Hall–Kier alpha value is -4.36. The van der Waals surface area contributed by atoms with E-state index in [0.29, 0.717) is 36.6 Å². The largest absolute Gasteiger partial charge is 0.489 e. The molecule has 0 saturated carbocycles. The van der Waals surface area contributed by atoms with Gasteiger partial charge in [0.2, 0.25) is 0 Å². The van der Waals surface area contributed by atoms with Crippen molar-refractivity contribution < 1.29 is 27.9 Å². The Kier molecular flexibility index (Phi) is 11.7. The molecule has 2 aromatic carbocycles. The van der Waals surface area contributed by atoms with Crippen molar-refractivity contribution in [3.05, 3.63) is 70.8 Å². The van der Waals surface area contributed by atoms with Crippen LogP contribution in [0.4, 0.5) is 5.69 Å². The monoisotopic (exact) mass is 607 g/mol. The molecule has 43 heavy (non-hydrogen) atoms. The second-order valence-electron chi connectivity index (χ2n) is 10.5. The number of anilines is 1. The average Bonchev–Trinajstić information content (AvgIpc) is 2.98. The SMILES string of the molecule is CC(C)=CCOc1ccc(C#Cc2ccc(N3CCN(S(=O)(=O)N[C@@H](C(=O)O)C(C)C)CC3)cc2)cc1C(=O)NCC#N. The number of carbonyl (C=O) groups is 2. The van der Waals surface area contributed by atoms with E-state index in [4.69, 9.17) is 10.00 Å². The van der Waals surface area contributed by atoms with Gasteiger partial charge in [0.05, 0.1) is 11.6 Å². The van der Waals surface area contributed by atoms with Gasteiger partial charge in [-0.3, -0.25) is 9.59 Å². The molecule has 1 heterocycles. The van der Waals surface area contributed by atoms with Crippen LogP contribution in [-0.4, -0.2) is 75.1 Å². The molecule has 1 atom stereocenters. The summed E-state index contributed by atoms with van der Waals surface area (Å²) in [6, 6.07) is 13.3. The number of piperazine rings is 1. The first-order valence-electron chi connectivity index (χ1n) is 13.8. The Balaban J connectivity index is 1.67. The van der Waals surface area contributed by atoms with E-state index in [1.807, 2.05) is 50.3 Å². The first kappa shape index (κ1) is 33.1. The minimum atomic E-state index is -3.94. The summed E-state index contributed by atoms with van der Waals surface area (Å²) in [5.74, 6) is 4.54. The molecule has 12 heteroatoms. The maximum atomic E-state index is 12.7. The van der Waals surface area contributed by atoms with Gasteiger partial charge in [0.1, 0.15) is 24.9 Å². The number of aliphatic carboxylic acids is 1. The van der Waals surface area contributed by atoms with Crippen molar-refractivity contribution >= 4 is 27.8 Å². The number of hydrogen-bond acceptors (Lipinski definition) is 7. The number of rotatable bonds is 11. The molecule has 1 fully saturated rings. The number of carboxylic acid groups (broad SMARTS) is 1. The van der Waals surface area contributed by atoms with E-state index >= 15 is 0 Å². The number of ether oxygens (including phenoxy) is 1. The van der Waals surface area contributed by atoms with Crippen molar-refractivity contribution in [2.45, 2.75) is 33.7 Å². The highest BCUT2D eigenvalue weighted by Crippen LogP contribution is 2.21. The third-order valence-corrected chi connectivity index (χ3v) is 8.25. The molecular weight excluding hydrogens is 570 g/mol. The Morgan fingerprint density at radius 2 is 1.67 bits per heavy atom. The summed E-state index contributed by atoms with van der Waals surface area (Å²) in [6.07, 6.45) is 1.90. The van der Waals surface area contributed by atoms with Crippen LogP contribution >= 0.6 is 0 Å². The van der Waals surface area contributed by atoms with Gasteiger partial charge in [-0.15, -0.1) is 0 Å². The summed E-state index contributed by atoms with van der Waals surface area (Å²) in [6.45, 7) is 8.74. The number of nitrogens with zero attached hydrogens (tertiary/aromatic N) is 3. The highest BCUT2D eigenvalue weighted by molar-refractivity contribution is 7.87. The van der Waals surface area contributed by atoms with Crippen LogP contribution in [0.5, 0.6) is 5.75 Å². The lowest BCUT2D eigenvalue weighted by atomic mass is 10.1. The summed E-state index contributed by atoms with van der Waals surface area (Å²) < 4.78 is 34.8. The number of carbonyl (C=O) groups excluding carboxylic acids is 1. The Morgan fingerprint density at radius 1 is 1.05 bits per heavy atom. The molecule has 1 saturated heterocycles. The lowest BCUT2D eigenvalue weighted by Crippen LogP contribution is -2.55. The number of carboxylic acids is 1. The highest BCUT2D eigenvalue weighted by atomic mass is 32.2. The van der Waals surface area contributed by atoms with Gasteiger partial charge in [0.15, 0.2) is 0 Å². The fourth-order valence-corrected chi connectivity index (χ4v) is 5.70. The number of nitriles is 1. The zero-order valence-electron chi connectivity index (χ0n) is 24.8. The van der Waals surface area contributed by atoms with Gasteiger partial charge >= 0.3 is 5.97 Å². The maximum absolute atomic E-state index is 12.7. The number of hydrogen-bond donors (Lipinski definition) is 3. The summed E-state index contributed by atoms with van der Waals surface area (Å²) in [7, 11) is -3.94. The zero-order chi connectivity index (χ0) is 31.6. The highest BCUT2D eigenvalue weighted by Gasteiger charge is 2.33. The fraction of sp³-hybridized carbons (Fsp3) is 0.387. The van der Waals surface area contributed by atoms with E-state index < -0.39 is 34.0 Å². The number of benzene rings is 2. The number of nitrogens with one attached hydrogen (secondary N) is 2. The van der Waals surface area contributed by atoms with Crippen molar-refractivity contribution in [1.29, 1.82) is 5.26 Å². The molecule has 0 spiro atoms. The van der Waals surface area contributed by atoms with E-state index in [2.05, 4.69) is 26.8 Å². The Labute approximate surface area is 253 Å². The third kappa shape index (κ3) is 9.58. The first-order chi connectivity index (χ1) is 20.4. The molecule has 2 aromatic rings. The van der Waals surface area contributed by atoms with E-state index in [1.54, 1.807) is 32.0 Å². The quantitative estimate of drug-likeness (QED) is 0.200. The fourth-order valence-electron chi connectivity index (χ4n) is 4.22. The van der Waals surface area contributed by atoms with Crippen LogP contribution < -0.4 is 19.7 Å². The zero-order valence-corrected chi connectivity index (χ0v) is 25.6. The second-order valence-corrected chi connectivity index (χ2v) is 12.2. The molecule has 11 nitrogen and oxygen atoms in total. The van der Waals surface area contributed by atoms with Crippen LogP contribution in [0.15, 0.2) is 54.1 Å². The van der Waals surface area contributed by atoms with Crippen molar-refractivity contribution in [3.63, 3.8) is 0 Å². The van der Waals surface area contributed by atoms with Crippen LogP contribution in [0.2, 0.25) is 0 Å². The molecule has 1 amide bonds. The number of allylic oxidation sites excluding steroid dienone is 1. The van der Waals surface area contributed by atoms with Gasteiger partial charge < -0.3 is 20.1 Å². The predicted molar refractivity (Wildman–Crippen MR) is 164 cm³/mol. The molecule has 3 N–H and O–H groups in total. The van der Waals surface area contributed by atoms with E-state index in [0.717, 1.165) is 16.8 Å². The van der Waals surface area contributed by atoms with Crippen LogP contribution in [0.1, 0.15) is 49.2 Å². The topological polar surface area (TPSA) is 152 Å². The van der Waals surface area contributed by atoms with Crippen molar-refractivity contribution in [3.8, 4) is 23.7 Å². The van der Waals surface area contributed by atoms with E-state index in [1.165, 1.54) is 4.31 Å². The van der Waals surface area contributed by atoms with Gasteiger partial charge in [0, 0.05) is 43.0 Å². The smallest absolute Gasteiger partial charge is 0.322 e. The first-order valence-corrected chi connectivity index (χ1v) is 15.3. The maximum Gasteiger partial charge on any atom is 0.322 e. The molecule has 3 rings (SSSR count). The van der Waals surface area contributed by atoms with Crippen LogP contribution in [0, 0.1) is 29.1 Å². The van der Waals surface area contributed by atoms with Gasteiger partial charge in [-0.1, -0.05) is 31.3 Å². The minimum Gasteiger partial charge on any atom is -0.489 e. The molecule has 0 aromatic heterocycles. The van der Waals surface area contributed by atoms with Crippen LogP contribution in [-0.2, 0) is 15.0 Å². The summed E-state index contributed by atoms with van der Waals surface area (Å²) in [4.78, 5) is 26.1. The van der Waals surface area contributed by atoms with Crippen molar-refractivity contribution in [2.75, 3.05) is 44.2 Å². The third-order valence-electron chi connectivity index (χ3n) is 6.65. The molecule has 0 radical (unpaired) electrons. The Bertz CT molecular complexity index is 1540. The Morgan fingerprint density at radius 3 is 2.26 bits per heavy atom. The normalized spacial score (nSPS) is 14.2. The van der Waals surface area contributed by atoms with Crippen LogP contribution in [0.25, 0.3) is 0 Å². The lowest BCUT2D eigenvalue weighted by molar-refractivity contribution is -0.140. The average molecular weight is 608 g/mol. The summed E-state index contributed by atoms with van der Waals surface area (Å²) >= 11 is 0. The van der Waals surface area contributed by atoms with Gasteiger partial charge in [-0.2, -0.15) is 22.7 Å². The predicted octanol–water partition coefficient (Wildman–Crippen LogP) is 2.75. The van der Waals surface area contributed by atoms with E-state index in [-0.39, 0.29) is 19.6 Å². The molecule has 1 aliphatic heterocycles. The van der Waals surface area contributed by atoms with Gasteiger partial charge in [-0.25, -0.2) is 0 Å². The molecule has 0 bridgehead atoms. The van der Waals surface area contributed by atoms with Crippen molar-refractivity contribution in [1.82, 2.24) is 14.3 Å².